The van der Waals surface area contributed by atoms with Crippen LogP contribution in [-0.2, 0) is 9.59 Å². The Hall–Kier alpha value is -2.24. The summed E-state index contributed by atoms with van der Waals surface area (Å²) in [7, 11) is 1.55. The summed E-state index contributed by atoms with van der Waals surface area (Å²) in [4.78, 5) is 22.2. The zero-order valence-corrected chi connectivity index (χ0v) is 12.0. The zero-order chi connectivity index (χ0) is 15.0. The average Bonchev–Trinajstić information content (AvgIpc) is 2.41. The van der Waals surface area contributed by atoms with Gasteiger partial charge in [-0.3, -0.25) is 9.59 Å². The van der Waals surface area contributed by atoms with E-state index in [1.807, 2.05) is 19.1 Å². The molecule has 0 saturated carbocycles. The van der Waals surface area contributed by atoms with Crippen molar-refractivity contribution >= 4 is 11.8 Å². The molecule has 6 heteroatoms. The minimum atomic E-state index is -0.252. The van der Waals surface area contributed by atoms with Crippen LogP contribution in [-0.4, -0.2) is 38.6 Å². The van der Waals surface area contributed by atoms with Gasteiger partial charge in [-0.2, -0.15) is 0 Å². The topological polar surface area (TPSA) is 76.7 Å². The first-order chi connectivity index (χ1) is 9.52. The minimum Gasteiger partial charge on any atom is -0.493 e. The molecular formula is C14H20N2O4. The molecule has 0 unspecified atom stereocenters. The van der Waals surface area contributed by atoms with Crippen LogP contribution < -0.4 is 20.1 Å². The van der Waals surface area contributed by atoms with Crippen LogP contribution in [0.25, 0.3) is 0 Å². The van der Waals surface area contributed by atoms with E-state index in [0.29, 0.717) is 24.6 Å². The summed E-state index contributed by atoms with van der Waals surface area (Å²) < 4.78 is 10.6. The maximum Gasteiger partial charge on any atom is 0.258 e. The van der Waals surface area contributed by atoms with Gasteiger partial charge in [0.25, 0.3) is 5.91 Å². The quantitative estimate of drug-likeness (QED) is 0.718. The van der Waals surface area contributed by atoms with Gasteiger partial charge in [0, 0.05) is 20.0 Å². The minimum absolute atomic E-state index is 0.0977. The number of hydrogen-bond acceptors (Lipinski definition) is 4. The van der Waals surface area contributed by atoms with Crippen molar-refractivity contribution in [3.8, 4) is 11.5 Å². The Labute approximate surface area is 118 Å². The van der Waals surface area contributed by atoms with Crippen molar-refractivity contribution < 1.29 is 19.1 Å². The molecule has 1 rings (SSSR count). The summed E-state index contributed by atoms with van der Waals surface area (Å²) in [6.45, 7) is 4.04. The highest BCUT2D eigenvalue weighted by molar-refractivity contribution is 5.77. The number of nitrogens with one attached hydrogen (secondary N) is 2. The number of carbonyl (C=O) groups excluding carboxylic acids is 2. The summed E-state index contributed by atoms with van der Waals surface area (Å²) in [5.74, 6) is 0.740. The number of benzene rings is 1. The molecule has 0 spiro atoms. The molecular weight excluding hydrogens is 260 g/mol. The molecule has 0 fully saturated rings. The van der Waals surface area contributed by atoms with E-state index in [0.717, 1.165) is 5.56 Å². The van der Waals surface area contributed by atoms with Crippen molar-refractivity contribution in [2.45, 2.75) is 13.8 Å². The lowest BCUT2D eigenvalue weighted by Gasteiger charge is -2.11. The Balaban J connectivity index is 2.35. The smallest absolute Gasteiger partial charge is 0.258 e. The van der Waals surface area contributed by atoms with Crippen molar-refractivity contribution in [2.75, 3.05) is 26.8 Å². The summed E-state index contributed by atoms with van der Waals surface area (Å²) in [5.41, 5.74) is 1.05. The Morgan fingerprint density at radius 3 is 2.50 bits per heavy atom. The standard InChI is InChI=1S/C14H20N2O4/c1-10-4-5-12(13(8-10)19-3)20-9-14(18)16-7-6-15-11(2)17/h4-5,8H,6-7,9H2,1-3H3,(H,15,17)(H,16,18). The van der Waals surface area contributed by atoms with Crippen molar-refractivity contribution in [3.63, 3.8) is 0 Å². The van der Waals surface area contributed by atoms with Crippen LogP contribution in [0.5, 0.6) is 11.5 Å². The van der Waals surface area contributed by atoms with Gasteiger partial charge in [-0.15, -0.1) is 0 Å². The molecule has 0 aliphatic heterocycles. The summed E-state index contributed by atoms with van der Waals surface area (Å²) >= 11 is 0. The van der Waals surface area contributed by atoms with E-state index in [1.165, 1.54) is 6.92 Å². The van der Waals surface area contributed by atoms with E-state index in [9.17, 15) is 9.59 Å². The fourth-order valence-corrected chi connectivity index (χ4v) is 1.53. The van der Waals surface area contributed by atoms with Gasteiger partial charge in [-0.25, -0.2) is 0 Å². The number of rotatable bonds is 7. The van der Waals surface area contributed by atoms with E-state index in [2.05, 4.69) is 10.6 Å². The van der Waals surface area contributed by atoms with E-state index < -0.39 is 0 Å². The number of ether oxygens (including phenoxy) is 2. The molecule has 0 radical (unpaired) electrons. The first-order valence-electron chi connectivity index (χ1n) is 6.31. The number of hydrogen-bond donors (Lipinski definition) is 2. The number of amides is 2. The lowest BCUT2D eigenvalue weighted by atomic mass is 10.2. The molecule has 0 bridgehead atoms. The van der Waals surface area contributed by atoms with Gasteiger partial charge in [-0.1, -0.05) is 6.07 Å². The second-order valence-corrected chi connectivity index (χ2v) is 4.28. The maximum absolute atomic E-state index is 11.5. The molecule has 0 aliphatic carbocycles. The first-order valence-corrected chi connectivity index (χ1v) is 6.31. The largest absolute Gasteiger partial charge is 0.493 e. The predicted octanol–water partition coefficient (Wildman–Crippen LogP) is 0.635. The van der Waals surface area contributed by atoms with Gasteiger partial charge in [0.1, 0.15) is 0 Å². The van der Waals surface area contributed by atoms with E-state index in [-0.39, 0.29) is 18.4 Å². The third-order valence-corrected chi connectivity index (χ3v) is 2.50. The highest BCUT2D eigenvalue weighted by atomic mass is 16.5. The van der Waals surface area contributed by atoms with Crippen LogP contribution >= 0.6 is 0 Å². The normalized spacial score (nSPS) is 9.75. The number of methoxy groups -OCH3 is 1. The maximum atomic E-state index is 11.5. The predicted molar refractivity (Wildman–Crippen MR) is 74.9 cm³/mol. The third-order valence-electron chi connectivity index (χ3n) is 2.50. The van der Waals surface area contributed by atoms with E-state index in [1.54, 1.807) is 13.2 Å². The Morgan fingerprint density at radius 1 is 1.15 bits per heavy atom. The van der Waals surface area contributed by atoms with Crippen molar-refractivity contribution in [1.29, 1.82) is 0 Å². The SMILES string of the molecule is COc1cc(C)ccc1OCC(=O)NCCNC(C)=O. The average molecular weight is 280 g/mol. The van der Waals surface area contributed by atoms with E-state index in [4.69, 9.17) is 9.47 Å². The van der Waals surface area contributed by atoms with Gasteiger partial charge in [0.05, 0.1) is 7.11 Å². The Morgan fingerprint density at radius 2 is 1.85 bits per heavy atom. The fraction of sp³-hybridized carbons (Fsp3) is 0.429. The first kappa shape index (κ1) is 15.8. The van der Waals surface area contributed by atoms with Crippen molar-refractivity contribution in [1.82, 2.24) is 10.6 Å². The van der Waals surface area contributed by atoms with E-state index >= 15 is 0 Å². The van der Waals surface area contributed by atoms with Gasteiger partial charge < -0.3 is 20.1 Å². The molecule has 6 nitrogen and oxygen atoms in total. The molecule has 0 aromatic heterocycles. The molecule has 2 N–H and O–H groups in total. The molecule has 0 atom stereocenters. The molecule has 1 aromatic carbocycles. The molecule has 0 saturated heterocycles. The zero-order valence-electron chi connectivity index (χ0n) is 12.0. The molecule has 0 heterocycles. The molecule has 20 heavy (non-hydrogen) atoms. The van der Waals surface area contributed by atoms with Crippen LogP contribution in [0.1, 0.15) is 12.5 Å². The molecule has 1 aromatic rings. The summed E-state index contributed by atoms with van der Waals surface area (Å²) in [6.07, 6.45) is 0. The lowest BCUT2D eigenvalue weighted by Crippen LogP contribution is -2.36. The second-order valence-electron chi connectivity index (χ2n) is 4.28. The highest BCUT2D eigenvalue weighted by Crippen LogP contribution is 2.27. The van der Waals surface area contributed by atoms with Crippen LogP contribution in [0.2, 0.25) is 0 Å². The van der Waals surface area contributed by atoms with Crippen molar-refractivity contribution in [3.05, 3.63) is 23.8 Å². The van der Waals surface area contributed by atoms with Crippen molar-refractivity contribution in [2.24, 2.45) is 0 Å². The number of carbonyl (C=O) groups is 2. The second kappa shape index (κ2) is 8.04. The monoisotopic (exact) mass is 280 g/mol. The van der Waals surface area contributed by atoms with Gasteiger partial charge in [-0.05, 0) is 24.6 Å². The lowest BCUT2D eigenvalue weighted by molar-refractivity contribution is -0.123. The van der Waals surface area contributed by atoms with Crippen LogP contribution in [0, 0.1) is 6.92 Å². The summed E-state index contributed by atoms with van der Waals surface area (Å²) in [6, 6.07) is 5.48. The Kier molecular flexibility index (Phi) is 6.36. The third kappa shape index (κ3) is 5.60. The molecule has 2 amide bonds. The summed E-state index contributed by atoms with van der Waals surface area (Å²) in [5, 5.41) is 5.22. The molecule has 0 aliphatic rings. The van der Waals surface area contributed by atoms with Gasteiger partial charge >= 0.3 is 0 Å². The van der Waals surface area contributed by atoms with Gasteiger partial charge in [0.2, 0.25) is 5.91 Å². The highest BCUT2D eigenvalue weighted by Gasteiger charge is 2.07. The van der Waals surface area contributed by atoms with Crippen LogP contribution in [0.3, 0.4) is 0 Å². The van der Waals surface area contributed by atoms with Crippen LogP contribution in [0.4, 0.5) is 0 Å². The number of aryl methyl sites for hydroxylation is 1. The Bertz CT molecular complexity index is 474. The molecule has 110 valence electrons. The fourth-order valence-electron chi connectivity index (χ4n) is 1.53. The van der Waals surface area contributed by atoms with Gasteiger partial charge in [0.15, 0.2) is 18.1 Å². The van der Waals surface area contributed by atoms with Crippen LogP contribution in [0.15, 0.2) is 18.2 Å².